The first kappa shape index (κ1) is 7.03. The average Bonchev–Trinajstić information content (AvgIpc) is 1.60. The lowest BCUT2D eigenvalue weighted by atomic mass is 10.1. The van der Waals surface area contributed by atoms with Gasteiger partial charge in [0.1, 0.15) is 0 Å². The predicted molar refractivity (Wildman–Crippen MR) is 37.5 cm³/mol. The van der Waals surface area contributed by atoms with Gasteiger partial charge in [-0.2, -0.15) is 0 Å². The van der Waals surface area contributed by atoms with Gasteiger partial charge in [-0.05, 0) is 20.9 Å². The monoisotopic (exact) mass is 129 g/mol. The molecule has 1 rings (SSSR count). The molecule has 0 radical (unpaired) electrons. The molecule has 9 heavy (non-hydrogen) atoms. The molecule has 0 aromatic rings. The van der Waals surface area contributed by atoms with Crippen LogP contribution in [-0.2, 0) is 4.74 Å². The van der Waals surface area contributed by atoms with Crippen molar-refractivity contribution in [2.75, 3.05) is 26.7 Å². The SMILES string of the molecule is CN1CCOC(C)(C)C1. The molecular formula is C7H15NO. The number of hydrogen-bond donors (Lipinski definition) is 0. The van der Waals surface area contributed by atoms with Gasteiger partial charge < -0.3 is 9.64 Å². The zero-order valence-electron chi connectivity index (χ0n) is 6.48. The molecule has 2 nitrogen and oxygen atoms in total. The summed E-state index contributed by atoms with van der Waals surface area (Å²) in [6, 6.07) is 0. The smallest absolute Gasteiger partial charge is 0.0753 e. The quantitative estimate of drug-likeness (QED) is 0.478. The Morgan fingerprint density at radius 1 is 1.44 bits per heavy atom. The van der Waals surface area contributed by atoms with Crippen LogP contribution in [-0.4, -0.2) is 37.2 Å². The lowest BCUT2D eigenvalue weighted by Gasteiger charge is -2.35. The van der Waals surface area contributed by atoms with Gasteiger partial charge in [-0.25, -0.2) is 0 Å². The van der Waals surface area contributed by atoms with E-state index in [9.17, 15) is 0 Å². The summed E-state index contributed by atoms with van der Waals surface area (Å²) in [4.78, 5) is 2.30. The van der Waals surface area contributed by atoms with Gasteiger partial charge in [0.15, 0.2) is 0 Å². The first-order chi connectivity index (χ1) is 4.10. The van der Waals surface area contributed by atoms with Crippen molar-refractivity contribution in [3.8, 4) is 0 Å². The summed E-state index contributed by atoms with van der Waals surface area (Å²) in [6.45, 7) is 7.26. The second-order valence-corrected chi connectivity index (χ2v) is 3.35. The fourth-order valence-electron chi connectivity index (χ4n) is 1.25. The van der Waals surface area contributed by atoms with E-state index in [1.165, 1.54) is 0 Å². The molecule has 0 aliphatic carbocycles. The van der Waals surface area contributed by atoms with E-state index in [2.05, 4.69) is 25.8 Å². The molecule has 2 heteroatoms. The normalized spacial score (nSPS) is 28.3. The van der Waals surface area contributed by atoms with Crippen molar-refractivity contribution in [1.82, 2.24) is 4.90 Å². The Kier molecular flexibility index (Phi) is 1.78. The molecule has 0 bridgehead atoms. The summed E-state index contributed by atoms with van der Waals surface area (Å²) in [6.07, 6.45) is 0. The highest BCUT2D eigenvalue weighted by atomic mass is 16.5. The van der Waals surface area contributed by atoms with Crippen LogP contribution in [0.1, 0.15) is 13.8 Å². The highest BCUT2D eigenvalue weighted by molar-refractivity contribution is 4.76. The second-order valence-electron chi connectivity index (χ2n) is 3.35. The zero-order chi connectivity index (χ0) is 6.91. The molecule has 0 atom stereocenters. The first-order valence-electron chi connectivity index (χ1n) is 3.43. The maximum Gasteiger partial charge on any atom is 0.0753 e. The van der Waals surface area contributed by atoms with E-state index >= 15 is 0 Å². The summed E-state index contributed by atoms with van der Waals surface area (Å²) in [5, 5.41) is 0. The van der Waals surface area contributed by atoms with Crippen LogP contribution >= 0.6 is 0 Å². The summed E-state index contributed by atoms with van der Waals surface area (Å²) in [7, 11) is 2.13. The highest BCUT2D eigenvalue weighted by Gasteiger charge is 2.24. The maximum absolute atomic E-state index is 5.49. The Morgan fingerprint density at radius 2 is 2.11 bits per heavy atom. The fourth-order valence-corrected chi connectivity index (χ4v) is 1.25. The third-order valence-corrected chi connectivity index (χ3v) is 1.62. The third kappa shape index (κ3) is 1.95. The molecule has 0 spiro atoms. The molecule has 0 saturated carbocycles. The Hall–Kier alpha value is -0.0800. The predicted octanol–water partition coefficient (Wildman–Crippen LogP) is 0.727. The third-order valence-electron chi connectivity index (χ3n) is 1.62. The minimum absolute atomic E-state index is 0.0764. The Labute approximate surface area is 56.8 Å². The van der Waals surface area contributed by atoms with E-state index in [1.54, 1.807) is 0 Å². The molecule has 0 amide bonds. The van der Waals surface area contributed by atoms with E-state index in [0.29, 0.717) is 0 Å². The van der Waals surface area contributed by atoms with Crippen molar-refractivity contribution in [2.24, 2.45) is 0 Å². The molecule has 0 aromatic carbocycles. The van der Waals surface area contributed by atoms with E-state index in [0.717, 1.165) is 19.7 Å². The van der Waals surface area contributed by atoms with E-state index in [-0.39, 0.29) is 5.60 Å². The van der Waals surface area contributed by atoms with Crippen molar-refractivity contribution in [2.45, 2.75) is 19.4 Å². The molecule has 1 aliphatic rings. The molecule has 0 unspecified atom stereocenters. The highest BCUT2D eigenvalue weighted by Crippen LogP contribution is 2.14. The fraction of sp³-hybridized carbons (Fsp3) is 1.00. The molecule has 1 saturated heterocycles. The summed E-state index contributed by atoms with van der Waals surface area (Å²) in [5.41, 5.74) is 0.0764. The van der Waals surface area contributed by atoms with Crippen LogP contribution in [0.5, 0.6) is 0 Å². The van der Waals surface area contributed by atoms with Crippen molar-refractivity contribution in [3.05, 3.63) is 0 Å². The largest absolute Gasteiger partial charge is 0.373 e. The van der Waals surface area contributed by atoms with Gasteiger partial charge in [-0.15, -0.1) is 0 Å². The number of rotatable bonds is 0. The Bertz CT molecular complexity index is 101. The van der Waals surface area contributed by atoms with Gasteiger partial charge in [0.25, 0.3) is 0 Å². The van der Waals surface area contributed by atoms with Gasteiger partial charge in [-0.3, -0.25) is 0 Å². The van der Waals surface area contributed by atoms with Gasteiger partial charge in [-0.1, -0.05) is 0 Å². The standard InChI is InChI=1S/C7H15NO/c1-7(2)6-8(3)4-5-9-7/h4-6H2,1-3H3. The lowest BCUT2D eigenvalue weighted by molar-refractivity contribution is -0.0789. The van der Waals surface area contributed by atoms with Crippen LogP contribution in [0.25, 0.3) is 0 Å². The van der Waals surface area contributed by atoms with Crippen LogP contribution in [0.3, 0.4) is 0 Å². The first-order valence-corrected chi connectivity index (χ1v) is 3.43. The lowest BCUT2D eigenvalue weighted by Crippen LogP contribution is -2.46. The molecule has 1 heterocycles. The van der Waals surface area contributed by atoms with E-state index < -0.39 is 0 Å². The van der Waals surface area contributed by atoms with Crippen molar-refractivity contribution in [1.29, 1.82) is 0 Å². The van der Waals surface area contributed by atoms with Crippen LogP contribution < -0.4 is 0 Å². The average molecular weight is 129 g/mol. The van der Waals surface area contributed by atoms with E-state index in [1.807, 2.05) is 0 Å². The molecule has 1 fully saturated rings. The zero-order valence-corrected chi connectivity index (χ0v) is 6.48. The topological polar surface area (TPSA) is 12.5 Å². The van der Waals surface area contributed by atoms with Crippen molar-refractivity contribution < 1.29 is 4.74 Å². The molecule has 54 valence electrons. The Morgan fingerprint density at radius 3 is 2.44 bits per heavy atom. The second kappa shape index (κ2) is 2.27. The minimum atomic E-state index is 0.0764. The molecule has 1 aliphatic heterocycles. The summed E-state index contributed by atoms with van der Waals surface area (Å²) >= 11 is 0. The number of likely N-dealkylation sites (N-methyl/N-ethyl adjacent to an activating group) is 1. The number of morpholine rings is 1. The van der Waals surface area contributed by atoms with Gasteiger partial charge in [0.2, 0.25) is 0 Å². The summed E-state index contributed by atoms with van der Waals surface area (Å²) < 4.78 is 5.49. The van der Waals surface area contributed by atoms with Crippen LogP contribution in [0.2, 0.25) is 0 Å². The van der Waals surface area contributed by atoms with Gasteiger partial charge in [0.05, 0.1) is 12.2 Å². The number of ether oxygens (including phenoxy) is 1. The number of hydrogen-bond acceptors (Lipinski definition) is 2. The van der Waals surface area contributed by atoms with Crippen LogP contribution in [0, 0.1) is 0 Å². The molecule has 0 N–H and O–H groups in total. The van der Waals surface area contributed by atoms with Crippen molar-refractivity contribution in [3.63, 3.8) is 0 Å². The van der Waals surface area contributed by atoms with Gasteiger partial charge >= 0.3 is 0 Å². The molecule has 0 aromatic heterocycles. The van der Waals surface area contributed by atoms with Gasteiger partial charge in [0, 0.05) is 13.1 Å². The van der Waals surface area contributed by atoms with Crippen LogP contribution in [0.4, 0.5) is 0 Å². The van der Waals surface area contributed by atoms with Crippen molar-refractivity contribution >= 4 is 0 Å². The molecular weight excluding hydrogens is 114 g/mol. The maximum atomic E-state index is 5.49. The number of nitrogens with zero attached hydrogens (tertiary/aromatic N) is 1. The Balaban J connectivity index is 2.41. The summed E-state index contributed by atoms with van der Waals surface area (Å²) in [5.74, 6) is 0. The minimum Gasteiger partial charge on any atom is -0.373 e. The van der Waals surface area contributed by atoms with Crippen LogP contribution in [0.15, 0.2) is 0 Å². The van der Waals surface area contributed by atoms with E-state index in [4.69, 9.17) is 4.74 Å².